The van der Waals surface area contributed by atoms with Gasteiger partial charge in [-0.1, -0.05) is 18.2 Å². The van der Waals surface area contributed by atoms with Crippen molar-refractivity contribution in [3.63, 3.8) is 0 Å². The number of aliphatic hydroxyl groups excluding tert-OH is 1. The SMILES string of the molecule is CC(C)OC(=O)[C@H](C)NP(=O)(OC[C@H]1O[C@@H](n2ccc(N)nc2=O)[C@](C)(N)C1O)Oc1ccccc1. The summed E-state index contributed by atoms with van der Waals surface area (Å²) >= 11 is 0. The van der Waals surface area contributed by atoms with Gasteiger partial charge in [0, 0.05) is 6.20 Å². The zero-order chi connectivity index (χ0) is 26.7. The number of benzene rings is 1. The summed E-state index contributed by atoms with van der Waals surface area (Å²) in [5.74, 6) is -0.428. The second kappa shape index (κ2) is 11.1. The molecule has 198 valence electrons. The van der Waals surface area contributed by atoms with E-state index in [1.54, 1.807) is 44.2 Å². The first-order valence-electron chi connectivity index (χ1n) is 11.3. The van der Waals surface area contributed by atoms with Gasteiger partial charge in [0.2, 0.25) is 0 Å². The van der Waals surface area contributed by atoms with E-state index in [1.165, 1.54) is 26.1 Å². The van der Waals surface area contributed by atoms with Gasteiger partial charge in [-0.2, -0.15) is 10.1 Å². The van der Waals surface area contributed by atoms with Gasteiger partial charge in [-0.15, -0.1) is 0 Å². The van der Waals surface area contributed by atoms with Crippen molar-refractivity contribution >= 4 is 19.5 Å². The molecule has 2 heterocycles. The Hall–Kier alpha value is -2.80. The summed E-state index contributed by atoms with van der Waals surface area (Å²) in [5.41, 5.74) is 9.68. The third kappa shape index (κ3) is 6.49. The van der Waals surface area contributed by atoms with Gasteiger partial charge in [0.1, 0.15) is 29.8 Å². The van der Waals surface area contributed by atoms with E-state index in [0.717, 1.165) is 4.57 Å². The molecule has 0 aliphatic carbocycles. The summed E-state index contributed by atoms with van der Waals surface area (Å²) in [4.78, 5) is 28.3. The molecule has 13 nitrogen and oxygen atoms in total. The molecule has 3 rings (SSSR count). The van der Waals surface area contributed by atoms with Crippen LogP contribution in [0.1, 0.15) is 33.9 Å². The first kappa shape index (κ1) is 27.8. The maximum absolute atomic E-state index is 13.6. The van der Waals surface area contributed by atoms with Crippen LogP contribution in [-0.2, 0) is 23.4 Å². The summed E-state index contributed by atoms with van der Waals surface area (Å²) in [6.07, 6.45) is -2.60. The Morgan fingerprint density at radius 1 is 1.31 bits per heavy atom. The van der Waals surface area contributed by atoms with Crippen molar-refractivity contribution in [1.82, 2.24) is 14.6 Å². The van der Waals surface area contributed by atoms with Crippen LogP contribution in [0.5, 0.6) is 5.75 Å². The number of hydrogen-bond donors (Lipinski definition) is 4. The molecule has 0 amide bonds. The van der Waals surface area contributed by atoms with Gasteiger partial charge in [-0.25, -0.2) is 9.36 Å². The number of anilines is 1. The first-order chi connectivity index (χ1) is 16.8. The predicted molar refractivity (Wildman–Crippen MR) is 130 cm³/mol. The molecule has 14 heteroatoms. The number of aliphatic hydroxyl groups is 1. The molecule has 0 spiro atoms. The Morgan fingerprint density at radius 2 is 1.97 bits per heavy atom. The van der Waals surface area contributed by atoms with Gasteiger partial charge in [0.25, 0.3) is 0 Å². The van der Waals surface area contributed by atoms with Crippen molar-refractivity contribution in [2.45, 2.75) is 63.8 Å². The van der Waals surface area contributed by atoms with Crippen LogP contribution in [0.25, 0.3) is 0 Å². The van der Waals surface area contributed by atoms with Crippen LogP contribution in [0.4, 0.5) is 5.82 Å². The lowest BCUT2D eigenvalue weighted by atomic mass is 9.93. The topological polar surface area (TPSA) is 190 Å². The van der Waals surface area contributed by atoms with E-state index in [2.05, 4.69) is 10.1 Å². The minimum Gasteiger partial charge on any atom is -0.462 e. The number of nitrogens with one attached hydrogen (secondary N) is 1. The molecule has 1 aromatic carbocycles. The molecule has 2 aromatic rings. The normalized spacial score (nSPS) is 26.4. The highest BCUT2D eigenvalue weighted by atomic mass is 31.2. The van der Waals surface area contributed by atoms with Crippen molar-refractivity contribution in [2.24, 2.45) is 5.73 Å². The van der Waals surface area contributed by atoms with Gasteiger partial charge >= 0.3 is 19.4 Å². The zero-order valence-corrected chi connectivity index (χ0v) is 21.3. The Bertz CT molecular complexity index is 1160. The molecule has 0 saturated carbocycles. The van der Waals surface area contributed by atoms with Gasteiger partial charge in [-0.05, 0) is 45.9 Å². The monoisotopic (exact) mass is 525 g/mol. The summed E-state index contributed by atoms with van der Waals surface area (Å²) in [5, 5.41) is 13.4. The van der Waals surface area contributed by atoms with Crippen LogP contribution in [0.3, 0.4) is 0 Å². The highest BCUT2D eigenvalue weighted by Crippen LogP contribution is 2.46. The summed E-state index contributed by atoms with van der Waals surface area (Å²) in [6.45, 7) is 5.85. The third-order valence-electron chi connectivity index (χ3n) is 5.36. The quantitative estimate of drug-likeness (QED) is 0.254. The number of ether oxygens (including phenoxy) is 2. The predicted octanol–water partition coefficient (Wildman–Crippen LogP) is 0.935. The Kier molecular flexibility index (Phi) is 8.55. The molecule has 0 radical (unpaired) electrons. The molecule has 1 aliphatic rings. The molecule has 6 atom stereocenters. The van der Waals surface area contributed by atoms with E-state index >= 15 is 0 Å². The number of carbonyl (C=O) groups is 1. The number of para-hydroxylation sites is 1. The van der Waals surface area contributed by atoms with Crippen LogP contribution in [0.15, 0.2) is 47.4 Å². The van der Waals surface area contributed by atoms with Crippen molar-refractivity contribution in [1.29, 1.82) is 0 Å². The van der Waals surface area contributed by atoms with Crippen molar-refractivity contribution in [3.8, 4) is 5.75 Å². The van der Waals surface area contributed by atoms with E-state index in [4.69, 9.17) is 30.0 Å². The molecular weight excluding hydrogens is 493 g/mol. The number of nitrogens with two attached hydrogens (primary N) is 2. The molecule has 1 saturated heterocycles. The summed E-state index contributed by atoms with van der Waals surface area (Å²) < 4.78 is 36.9. The standard InChI is InChI=1S/C22H32N5O8P/c1-13(2)33-19(29)14(3)26-36(31,35-15-8-6-5-7-9-15)32-12-16-18(28)22(4,24)20(34-16)27-11-10-17(23)25-21(27)30/h5-11,13-14,16,18,20,28H,12,24H2,1-4H3,(H,26,31)(H2,23,25,30)/t14-,16+,18?,20+,22+,36?/m0/s1. The molecule has 36 heavy (non-hydrogen) atoms. The molecule has 0 bridgehead atoms. The maximum Gasteiger partial charge on any atom is 0.459 e. The van der Waals surface area contributed by atoms with Crippen LogP contribution in [-0.4, -0.2) is 57.1 Å². The Labute approximate surface area is 208 Å². The lowest BCUT2D eigenvalue weighted by molar-refractivity contribution is -0.149. The third-order valence-corrected chi connectivity index (χ3v) is 7.01. The lowest BCUT2D eigenvalue weighted by Gasteiger charge is -2.28. The molecule has 6 N–H and O–H groups in total. The lowest BCUT2D eigenvalue weighted by Crippen LogP contribution is -2.53. The number of carbonyl (C=O) groups excluding carboxylic acids is 1. The molecule has 2 unspecified atom stereocenters. The molecule has 1 aliphatic heterocycles. The van der Waals surface area contributed by atoms with Crippen molar-refractivity contribution in [3.05, 3.63) is 53.1 Å². The number of hydrogen-bond acceptors (Lipinski definition) is 11. The number of nitrogens with zero attached hydrogens (tertiary/aromatic N) is 2. The average Bonchev–Trinajstić information content (AvgIpc) is 3.01. The van der Waals surface area contributed by atoms with E-state index in [1.807, 2.05) is 0 Å². The van der Waals surface area contributed by atoms with Gasteiger partial charge in [0.15, 0.2) is 6.23 Å². The number of esters is 1. The summed E-state index contributed by atoms with van der Waals surface area (Å²) in [6, 6.07) is 8.54. The molecular formula is C22H32N5O8P. The number of nitrogen functional groups attached to an aromatic ring is 1. The second-order valence-corrected chi connectivity index (χ2v) is 10.6. The second-order valence-electron chi connectivity index (χ2n) is 8.91. The minimum absolute atomic E-state index is 0.0172. The van der Waals surface area contributed by atoms with Crippen molar-refractivity contribution in [2.75, 3.05) is 12.3 Å². The highest BCUT2D eigenvalue weighted by Gasteiger charge is 2.52. The number of rotatable bonds is 10. The van der Waals surface area contributed by atoms with E-state index in [9.17, 15) is 19.3 Å². The van der Waals surface area contributed by atoms with E-state index in [-0.39, 0.29) is 17.7 Å². The fourth-order valence-corrected chi connectivity index (χ4v) is 5.04. The Morgan fingerprint density at radius 3 is 2.58 bits per heavy atom. The van der Waals surface area contributed by atoms with Crippen LogP contribution in [0, 0.1) is 0 Å². The maximum atomic E-state index is 13.6. The fraction of sp³-hybridized carbons (Fsp3) is 0.500. The minimum atomic E-state index is -4.20. The van der Waals surface area contributed by atoms with E-state index < -0.39 is 56.0 Å². The van der Waals surface area contributed by atoms with Gasteiger partial charge in [0.05, 0.1) is 18.2 Å². The van der Waals surface area contributed by atoms with Crippen LogP contribution < -0.4 is 26.8 Å². The first-order valence-corrected chi connectivity index (χ1v) is 12.8. The van der Waals surface area contributed by atoms with Crippen molar-refractivity contribution < 1.29 is 33.0 Å². The molecule has 1 fully saturated rings. The fourth-order valence-electron chi connectivity index (χ4n) is 3.54. The highest BCUT2D eigenvalue weighted by molar-refractivity contribution is 7.52. The largest absolute Gasteiger partial charge is 0.462 e. The van der Waals surface area contributed by atoms with Gasteiger partial charge in [-0.3, -0.25) is 13.9 Å². The van der Waals surface area contributed by atoms with Gasteiger partial charge < -0.3 is 30.6 Å². The Balaban J connectivity index is 1.79. The molecule has 1 aromatic heterocycles. The van der Waals surface area contributed by atoms with Crippen LogP contribution >= 0.6 is 7.75 Å². The van der Waals surface area contributed by atoms with E-state index in [0.29, 0.717) is 0 Å². The summed E-state index contributed by atoms with van der Waals surface area (Å²) in [7, 11) is -4.20. The average molecular weight is 525 g/mol. The number of aromatic nitrogens is 2. The zero-order valence-electron chi connectivity index (χ0n) is 20.4. The van der Waals surface area contributed by atoms with Crippen LogP contribution in [0.2, 0.25) is 0 Å². The smallest absolute Gasteiger partial charge is 0.459 e.